The number of aryl methyl sites for hydroxylation is 1. The molecule has 4 aromatic rings. The highest BCUT2D eigenvalue weighted by Gasteiger charge is 2.33. The van der Waals surface area contributed by atoms with Gasteiger partial charge in [0.15, 0.2) is 5.82 Å². The fraction of sp³-hybridized carbons (Fsp3) is 0.182. The van der Waals surface area contributed by atoms with Crippen LogP contribution in [-0.2, 0) is 6.18 Å². The molecule has 0 unspecified atom stereocenters. The van der Waals surface area contributed by atoms with Gasteiger partial charge in [0.2, 0.25) is 0 Å². The van der Waals surface area contributed by atoms with E-state index < -0.39 is 11.9 Å². The Hall–Kier alpha value is -3.95. The normalized spacial score (nSPS) is 14.2. The predicted molar refractivity (Wildman–Crippen MR) is 114 cm³/mol. The van der Waals surface area contributed by atoms with Crippen molar-refractivity contribution < 1.29 is 13.2 Å². The molecule has 10 heteroatoms. The van der Waals surface area contributed by atoms with E-state index in [0.29, 0.717) is 5.70 Å². The first kappa shape index (κ1) is 20.0. The van der Waals surface area contributed by atoms with Crippen molar-refractivity contribution in [3.8, 4) is 11.4 Å². The molecule has 0 saturated heterocycles. The van der Waals surface area contributed by atoms with Gasteiger partial charge in [0.25, 0.3) is 0 Å². The van der Waals surface area contributed by atoms with E-state index in [1.165, 1.54) is 24.0 Å². The highest BCUT2D eigenvalue weighted by Crippen LogP contribution is 2.36. The van der Waals surface area contributed by atoms with E-state index >= 15 is 0 Å². The van der Waals surface area contributed by atoms with Crippen LogP contribution in [0.1, 0.15) is 29.8 Å². The highest BCUT2D eigenvalue weighted by atomic mass is 19.4. The van der Waals surface area contributed by atoms with Crippen LogP contribution in [0.2, 0.25) is 0 Å². The number of alkyl halides is 3. The molecule has 162 valence electrons. The zero-order chi connectivity index (χ0) is 22.5. The highest BCUT2D eigenvalue weighted by molar-refractivity contribution is 5.91. The number of hydrogen-bond donors (Lipinski definition) is 2. The molecule has 0 bridgehead atoms. The molecule has 0 atom stereocenters. The van der Waals surface area contributed by atoms with Gasteiger partial charge >= 0.3 is 6.18 Å². The van der Waals surface area contributed by atoms with Crippen LogP contribution in [0.4, 0.5) is 13.2 Å². The van der Waals surface area contributed by atoms with E-state index in [1.54, 1.807) is 12.4 Å². The molecule has 0 aliphatic heterocycles. The van der Waals surface area contributed by atoms with Gasteiger partial charge in [-0.2, -0.15) is 18.3 Å². The minimum atomic E-state index is -4.55. The predicted octanol–water partition coefficient (Wildman–Crippen LogP) is 4.55. The zero-order valence-corrected chi connectivity index (χ0v) is 17.0. The summed E-state index contributed by atoms with van der Waals surface area (Å²) in [7, 11) is 0. The van der Waals surface area contributed by atoms with E-state index in [1.807, 2.05) is 18.2 Å². The van der Waals surface area contributed by atoms with Crippen LogP contribution in [0.25, 0.3) is 34.1 Å². The molecule has 0 radical (unpaired) electrons. The Morgan fingerprint density at radius 3 is 2.75 bits per heavy atom. The number of allylic oxidation sites excluding steroid dienone is 2. The van der Waals surface area contributed by atoms with Gasteiger partial charge in [-0.15, -0.1) is 5.10 Å². The van der Waals surface area contributed by atoms with Gasteiger partial charge in [-0.05, 0) is 49.1 Å². The summed E-state index contributed by atoms with van der Waals surface area (Å²) >= 11 is 0. The number of benzene rings is 1. The third-order valence-corrected chi connectivity index (χ3v) is 5.20. The largest absolute Gasteiger partial charge is 0.433 e. The first-order chi connectivity index (χ1) is 15.3. The van der Waals surface area contributed by atoms with E-state index in [2.05, 4.69) is 25.3 Å². The number of nitrogens with two attached hydrogens (primary N) is 1. The van der Waals surface area contributed by atoms with Gasteiger partial charge < -0.3 is 5.73 Å². The summed E-state index contributed by atoms with van der Waals surface area (Å²) in [5, 5.41) is 12.3. The lowest BCUT2D eigenvalue weighted by Crippen LogP contribution is -2.09. The Labute approximate surface area is 180 Å². The van der Waals surface area contributed by atoms with Crippen molar-refractivity contribution in [3.63, 3.8) is 0 Å². The van der Waals surface area contributed by atoms with Gasteiger partial charge in [-0.25, -0.2) is 14.6 Å². The molecular weight excluding hydrogens is 419 g/mol. The lowest BCUT2D eigenvalue weighted by Gasteiger charge is -2.09. The first-order valence-corrected chi connectivity index (χ1v) is 9.88. The first-order valence-electron chi connectivity index (χ1n) is 9.88. The van der Waals surface area contributed by atoms with Crippen LogP contribution < -0.4 is 5.73 Å². The number of rotatable bonds is 4. The number of pyridine rings is 1. The Bertz CT molecular complexity index is 1390. The van der Waals surface area contributed by atoms with Crippen molar-refractivity contribution in [1.82, 2.24) is 29.9 Å². The van der Waals surface area contributed by atoms with Crippen molar-refractivity contribution in [3.05, 3.63) is 71.1 Å². The quantitative estimate of drug-likeness (QED) is 0.488. The van der Waals surface area contributed by atoms with Crippen molar-refractivity contribution >= 4 is 22.7 Å². The van der Waals surface area contributed by atoms with Crippen molar-refractivity contribution in [1.29, 1.82) is 0 Å². The molecule has 3 heterocycles. The van der Waals surface area contributed by atoms with E-state index in [-0.39, 0.29) is 17.1 Å². The molecule has 1 saturated carbocycles. The van der Waals surface area contributed by atoms with E-state index in [4.69, 9.17) is 5.73 Å². The Balaban J connectivity index is 1.56. The average Bonchev–Trinajstić information content (AvgIpc) is 3.31. The summed E-state index contributed by atoms with van der Waals surface area (Å²) in [4.78, 5) is 7.76. The second-order valence-corrected chi connectivity index (χ2v) is 7.66. The number of aromatic nitrogens is 6. The minimum Gasteiger partial charge on any atom is -0.398 e. The number of aromatic amines is 1. The summed E-state index contributed by atoms with van der Waals surface area (Å²) in [6, 6.07) is 8.30. The standard InChI is InChI=1S/C22H18F3N7/c1-12-6-16(8-19(29-12)22(23,24)25)21-27-11-32(31-21)10-17(20(26)13-2-3-13)14-4-5-15-9-28-30-18(15)7-14/h4-11H,2-3,26H2,1H3,(H,28,30)/b17-10+. The zero-order valence-electron chi connectivity index (χ0n) is 17.0. The summed E-state index contributed by atoms with van der Waals surface area (Å²) in [5.41, 5.74) is 10.2. The van der Waals surface area contributed by atoms with E-state index in [9.17, 15) is 13.2 Å². The second-order valence-electron chi connectivity index (χ2n) is 7.66. The fourth-order valence-corrected chi connectivity index (χ4v) is 3.47. The van der Waals surface area contributed by atoms with Crippen molar-refractivity contribution in [2.24, 2.45) is 5.73 Å². The van der Waals surface area contributed by atoms with Gasteiger partial charge in [-0.3, -0.25) is 5.10 Å². The third-order valence-electron chi connectivity index (χ3n) is 5.20. The van der Waals surface area contributed by atoms with Crippen molar-refractivity contribution in [2.75, 3.05) is 0 Å². The molecule has 3 aromatic heterocycles. The second kappa shape index (κ2) is 7.33. The summed E-state index contributed by atoms with van der Waals surface area (Å²) in [6.45, 7) is 1.50. The molecule has 3 N–H and O–H groups in total. The van der Waals surface area contributed by atoms with Gasteiger partial charge in [-0.1, -0.05) is 12.1 Å². The molecule has 0 spiro atoms. The number of nitrogens with one attached hydrogen (secondary N) is 1. The minimum absolute atomic E-state index is 0.165. The molecule has 0 amide bonds. The van der Waals surface area contributed by atoms with Gasteiger partial charge in [0.05, 0.1) is 11.7 Å². The molecule has 1 aliphatic rings. The summed E-state index contributed by atoms with van der Waals surface area (Å²) in [6.07, 6.45) is 2.24. The summed E-state index contributed by atoms with van der Waals surface area (Å²) in [5.74, 6) is 0.165. The maximum Gasteiger partial charge on any atom is 0.433 e. The average molecular weight is 437 g/mol. The molecule has 1 fully saturated rings. The summed E-state index contributed by atoms with van der Waals surface area (Å²) < 4.78 is 40.9. The number of nitrogens with zero attached hydrogens (tertiary/aromatic N) is 5. The van der Waals surface area contributed by atoms with Crippen LogP contribution in [-0.4, -0.2) is 29.9 Å². The smallest absolute Gasteiger partial charge is 0.398 e. The molecule has 32 heavy (non-hydrogen) atoms. The fourth-order valence-electron chi connectivity index (χ4n) is 3.47. The SMILES string of the molecule is Cc1cc(-c2ncn(/C=C(/C(N)=C3CC3)c3ccc4cn[nH]c4c3)n2)cc(C(F)(F)F)n1. The number of fused-ring (bicyclic) bond motifs is 1. The molecular formula is C22H18F3N7. The van der Waals surface area contributed by atoms with Crippen LogP contribution in [0.5, 0.6) is 0 Å². The Morgan fingerprint density at radius 2 is 2.00 bits per heavy atom. The number of hydrogen-bond acceptors (Lipinski definition) is 5. The number of halogens is 3. The van der Waals surface area contributed by atoms with Crippen LogP contribution in [0.3, 0.4) is 0 Å². The Morgan fingerprint density at radius 1 is 1.19 bits per heavy atom. The topological polar surface area (TPSA) is 98.3 Å². The molecule has 7 nitrogen and oxygen atoms in total. The van der Waals surface area contributed by atoms with E-state index in [0.717, 1.165) is 46.5 Å². The third kappa shape index (κ3) is 3.86. The monoisotopic (exact) mass is 437 g/mol. The molecule has 5 rings (SSSR count). The van der Waals surface area contributed by atoms with Crippen LogP contribution in [0.15, 0.2) is 54.1 Å². The Kier molecular flexibility index (Phi) is 4.58. The van der Waals surface area contributed by atoms with Gasteiger partial charge in [0, 0.05) is 34.1 Å². The van der Waals surface area contributed by atoms with Crippen LogP contribution >= 0.6 is 0 Å². The van der Waals surface area contributed by atoms with Crippen LogP contribution in [0, 0.1) is 6.92 Å². The number of H-pyrrole nitrogens is 1. The van der Waals surface area contributed by atoms with Gasteiger partial charge in [0.1, 0.15) is 12.0 Å². The molecule has 1 aromatic carbocycles. The lowest BCUT2D eigenvalue weighted by atomic mass is 10.0. The maximum absolute atomic E-state index is 13.1. The molecule has 1 aliphatic carbocycles. The maximum atomic E-state index is 13.1. The lowest BCUT2D eigenvalue weighted by molar-refractivity contribution is -0.141. The van der Waals surface area contributed by atoms with Crippen molar-refractivity contribution in [2.45, 2.75) is 25.9 Å².